The summed E-state index contributed by atoms with van der Waals surface area (Å²) < 4.78 is 10.9. The van der Waals surface area contributed by atoms with Crippen molar-refractivity contribution in [1.82, 2.24) is 0 Å². The van der Waals surface area contributed by atoms with Crippen LogP contribution in [0.5, 0.6) is 0 Å². The lowest BCUT2D eigenvalue weighted by atomic mass is 10.0. The number of fused-ring (bicyclic) bond motifs is 1. The Balaban J connectivity index is 2.04. The van der Waals surface area contributed by atoms with Crippen LogP contribution in [0.1, 0.15) is 33.1 Å². The van der Waals surface area contributed by atoms with Crippen molar-refractivity contribution in [2.24, 2.45) is 0 Å². The number of esters is 1. The molecule has 2 atom stereocenters. The van der Waals surface area contributed by atoms with Gasteiger partial charge >= 0.3 is 5.97 Å². The molecule has 0 aromatic rings. The summed E-state index contributed by atoms with van der Waals surface area (Å²) in [6, 6.07) is 0. The number of carbonyl (C=O) groups is 1. The summed E-state index contributed by atoms with van der Waals surface area (Å²) in [5.74, 6) is -0.158. The van der Waals surface area contributed by atoms with Crippen LogP contribution in [-0.2, 0) is 14.3 Å². The third-order valence-electron chi connectivity index (χ3n) is 3.00. The Kier molecular flexibility index (Phi) is 2.59. The van der Waals surface area contributed by atoms with E-state index in [1.165, 1.54) is 0 Å². The Labute approximate surface area is 84.1 Å². The van der Waals surface area contributed by atoms with Crippen LogP contribution in [0.15, 0.2) is 11.1 Å². The fourth-order valence-corrected chi connectivity index (χ4v) is 2.03. The number of unbranched alkanes of at least 4 members (excludes halogenated alkanes) is 1. The summed E-state index contributed by atoms with van der Waals surface area (Å²) >= 11 is 0. The van der Waals surface area contributed by atoms with Crippen LogP contribution in [0.2, 0.25) is 0 Å². The third kappa shape index (κ3) is 1.46. The van der Waals surface area contributed by atoms with Gasteiger partial charge in [0.25, 0.3) is 0 Å². The average Bonchev–Trinajstić information content (AvgIpc) is 2.67. The molecule has 0 unspecified atom stereocenters. The van der Waals surface area contributed by atoms with E-state index in [-0.39, 0.29) is 18.2 Å². The summed E-state index contributed by atoms with van der Waals surface area (Å²) in [6.45, 7) is 4.55. The smallest absolute Gasteiger partial charge is 0.334 e. The summed E-state index contributed by atoms with van der Waals surface area (Å²) in [5.41, 5.74) is 1.82. The summed E-state index contributed by atoms with van der Waals surface area (Å²) in [6.07, 6.45) is 3.30. The Morgan fingerprint density at radius 1 is 1.50 bits per heavy atom. The molecule has 0 amide bonds. The van der Waals surface area contributed by atoms with Crippen molar-refractivity contribution in [3.63, 3.8) is 0 Å². The highest BCUT2D eigenvalue weighted by Gasteiger charge is 2.42. The van der Waals surface area contributed by atoms with Crippen LogP contribution < -0.4 is 0 Å². The zero-order valence-corrected chi connectivity index (χ0v) is 8.71. The first-order valence-corrected chi connectivity index (χ1v) is 5.26. The van der Waals surface area contributed by atoms with Gasteiger partial charge in [-0.1, -0.05) is 19.8 Å². The van der Waals surface area contributed by atoms with Gasteiger partial charge in [-0.15, -0.1) is 0 Å². The summed E-state index contributed by atoms with van der Waals surface area (Å²) in [4.78, 5) is 11.3. The van der Waals surface area contributed by atoms with E-state index in [0.717, 1.165) is 30.4 Å². The highest BCUT2D eigenvalue weighted by molar-refractivity contribution is 5.92. The van der Waals surface area contributed by atoms with Gasteiger partial charge in [0.05, 0.1) is 12.7 Å². The van der Waals surface area contributed by atoms with Crippen molar-refractivity contribution in [2.75, 3.05) is 6.61 Å². The van der Waals surface area contributed by atoms with E-state index >= 15 is 0 Å². The Morgan fingerprint density at radius 2 is 2.29 bits per heavy atom. The molecule has 78 valence electrons. The Morgan fingerprint density at radius 3 is 3.00 bits per heavy atom. The van der Waals surface area contributed by atoms with Crippen molar-refractivity contribution in [2.45, 2.75) is 45.3 Å². The third-order valence-corrected chi connectivity index (χ3v) is 3.00. The maximum Gasteiger partial charge on any atom is 0.334 e. The van der Waals surface area contributed by atoms with Crippen LogP contribution in [0.4, 0.5) is 0 Å². The number of ether oxygens (including phenoxy) is 2. The average molecular weight is 196 g/mol. The van der Waals surface area contributed by atoms with E-state index in [0.29, 0.717) is 6.61 Å². The lowest BCUT2D eigenvalue weighted by Gasteiger charge is -2.14. The molecule has 0 N–H and O–H groups in total. The first-order chi connectivity index (χ1) is 6.74. The molecular weight excluding hydrogens is 180 g/mol. The molecule has 0 bridgehead atoms. The van der Waals surface area contributed by atoms with E-state index in [1.54, 1.807) is 0 Å². The van der Waals surface area contributed by atoms with Gasteiger partial charge in [0.15, 0.2) is 6.10 Å². The van der Waals surface area contributed by atoms with Gasteiger partial charge in [-0.2, -0.15) is 0 Å². The number of carbonyl (C=O) groups excluding carboxylic acids is 1. The van der Waals surface area contributed by atoms with Crippen LogP contribution in [0.3, 0.4) is 0 Å². The topological polar surface area (TPSA) is 35.5 Å². The molecule has 0 aliphatic carbocycles. The number of hydrogen-bond acceptors (Lipinski definition) is 3. The van der Waals surface area contributed by atoms with E-state index in [4.69, 9.17) is 9.47 Å². The normalized spacial score (nSPS) is 30.9. The molecule has 14 heavy (non-hydrogen) atoms. The van der Waals surface area contributed by atoms with Gasteiger partial charge in [-0.05, 0) is 13.3 Å². The molecule has 0 aromatic heterocycles. The highest BCUT2D eigenvalue weighted by Crippen LogP contribution is 2.33. The van der Waals surface area contributed by atoms with Crippen molar-refractivity contribution in [3.05, 3.63) is 11.1 Å². The van der Waals surface area contributed by atoms with E-state index in [1.807, 2.05) is 6.92 Å². The molecule has 0 saturated carbocycles. The van der Waals surface area contributed by atoms with Crippen molar-refractivity contribution in [1.29, 1.82) is 0 Å². The predicted octanol–water partition coefficient (Wildman–Crippen LogP) is 1.82. The van der Waals surface area contributed by atoms with Crippen molar-refractivity contribution in [3.8, 4) is 0 Å². The number of rotatable bonds is 3. The predicted molar refractivity (Wildman–Crippen MR) is 51.8 cm³/mol. The molecule has 1 saturated heterocycles. The molecule has 3 heteroatoms. The maximum absolute atomic E-state index is 11.3. The zero-order chi connectivity index (χ0) is 10.1. The lowest BCUT2D eigenvalue weighted by Crippen LogP contribution is -2.23. The number of hydrogen-bond donors (Lipinski definition) is 0. The second-order valence-corrected chi connectivity index (χ2v) is 3.97. The minimum Gasteiger partial charge on any atom is -0.452 e. The highest BCUT2D eigenvalue weighted by atomic mass is 16.6. The van der Waals surface area contributed by atoms with Gasteiger partial charge in [0, 0.05) is 11.1 Å². The molecule has 0 spiro atoms. The second-order valence-electron chi connectivity index (χ2n) is 3.97. The largest absolute Gasteiger partial charge is 0.452 e. The van der Waals surface area contributed by atoms with E-state index < -0.39 is 0 Å². The maximum atomic E-state index is 11.3. The monoisotopic (exact) mass is 196 g/mol. The van der Waals surface area contributed by atoms with Gasteiger partial charge in [-0.25, -0.2) is 4.79 Å². The van der Waals surface area contributed by atoms with Gasteiger partial charge in [-0.3, -0.25) is 0 Å². The van der Waals surface area contributed by atoms with Crippen molar-refractivity contribution >= 4 is 5.97 Å². The molecular formula is C11H16O3. The van der Waals surface area contributed by atoms with Crippen LogP contribution in [-0.4, -0.2) is 24.8 Å². The molecule has 0 radical (unpaired) electrons. The minimum atomic E-state index is -0.158. The van der Waals surface area contributed by atoms with Crippen molar-refractivity contribution < 1.29 is 14.3 Å². The summed E-state index contributed by atoms with van der Waals surface area (Å²) in [7, 11) is 0. The molecule has 2 aliphatic rings. The first kappa shape index (κ1) is 9.71. The fourth-order valence-electron chi connectivity index (χ4n) is 2.03. The SMILES string of the molecule is CCCC[C@@H]1OCC2=C(C)C(=O)O[C@H]21. The van der Waals surface area contributed by atoms with Crippen LogP contribution in [0, 0.1) is 0 Å². The molecule has 3 nitrogen and oxygen atoms in total. The van der Waals surface area contributed by atoms with E-state index in [2.05, 4.69) is 6.92 Å². The van der Waals surface area contributed by atoms with Crippen LogP contribution in [0.25, 0.3) is 0 Å². The quantitative estimate of drug-likeness (QED) is 0.646. The Bertz CT molecular complexity index is 280. The Hall–Kier alpha value is -0.830. The molecule has 0 aromatic carbocycles. The standard InChI is InChI=1S/C11H16O3/c1-3-4-5-9-10-8(6-13-9)7(2)11(12)14-10/h9-10H,3-6H2,1-2H3/t9-,10+/m0/s1. The molecule has 2 rings (SSSR count). The van der Waals surface area contributed by atoms with Gasteiger partial charge < -0.3 is 9.47 Å². The molecule has 1 fully saturated rings. The fraction of sp³-hybridized carbons (Fsp3) is 0.727. The summed E-state index contributed by atoms with van der Waals surface area (Å²) in [5, 5.41) is 0. The van der Waals surface area contributed by atoms with Gasteiger partial charge in [0.2, 0.25) is 0 Å². The van der Waals surface area contributed by atoms with Crippen LogP contribution >= 0.6 is 0 Å². The van der Waals surface area contributed by atoms with E-state index in [9.17, 15) is 4.79 Å². The second kappa shape index (κ2) is 3.73. The minimum absolute atomic E-state index is 0.0750. The zero-order valence-electron chi connectivity index (χ0n) is 8.71. The first-order valence-electron chi connectivity index (χ1n) is 5.26. The molecule has 2 aliphatic heterocycles. The van der Waals surface area contributed by atoms with Gasteiger partial charge in [0.1, 0.15) is 0 Å². The molecule has 2 heterocycles. The lowest BCUT2D eigenvalue weighted by molar-refractivity contribution is -0.143.